The minimum atomic E-state index is -0.429. The average Bonchev–Trinajstić information content (AvgIpc) is 3.05. The van der Waals surface area contributed by atoms with Gasteiger partial charge in [0.15, 0.2) is 5.82 Å². The second-order valence-electron chi connectivity index (χ2n) is 8.06. The second-order valence-corrected chi connectivity index (χ2v) is 8.06. The van der Waals surface area contributed by atoms with E-state index >= 15 is 0 Å². The summed E-state index contributed by atoms with van der Waals surface area (Å²) in [6.45, 7) is 8.02. The smallest absolute Gasteiger partial charge is 0.251 e. The minimum Gasteiger partial charge on any atom is -0.358 e. The first-order chi connectivity index (χ1) is 14.8. The van der Waals surface area contributed by atoms with Crippen LogP contribution < -0.4 is 10.9 Å². The quantitative estimate of drug-likeness (QED) is 0.457. The van der Waals surface area contributed by atoms with Gasteiger partial charge < -0.3 is 15.3 Å². The van der Waals surface area contributed by atoms with E-state index in [9.17, 15) is 9.59 Å². The Hall–Kier alpha value is -3.74. The van der Waals surface area contributed by atoms with Crippen LogP contribution in [0.2, 0.25) is 0 Å². The van der Waals surface area contributed by atoms with E-state index < -0.39 is 6.04 Å². The van der Waals surface area contributed by atoms with Crippen LogP contribution in [0, 0.1) is 19.8 Å². The number of carbonyl (C=O) groups is 1. The molecule has 1 aromatic carbocycles. The number of fused-ring (bicyclic) bond motifs is 1. The van der Waals surface area contributed by atoms with E-state index in [0.717, 1.165) is 22.2 Å². The normalized spacial score (nSPS) is 12.3. The van der Waals surface area contributed by atoms with Crippen LogP contribution >= 0.6 is 0 Å². The third-order valence-corrected chi connectivity index (χ3v) is 5.51. The van der Waals surface area contributed by atoms with Gasteiger partial charge in [0.2, 0.25) is 0 Å². The maximum Gasteiger partial charge on any atom is 0.251 e. The number of H-pyrrole nitrogens is 2. The molecule has 0 saturated carbocycles. The van der Waals surface area contributed by atoms with Crippen molar-refractivity contribution >= 4 is 16.8 Å². The van der Waals surface area contributed by atoms with Crippen LogP contribution in [0.1, 0.15) is 47.2 Å². The van der Waals surface area contributed by atoms with Gasteiger partial charge in [-0.1, -0.05) is 19.9 Å². The number of hydrogen-bond donors (Lipinski definition) is 3. The summed E-state index contributed by atoms with van der Waals surface area (Å²) < 4.78 is 0. The van der Waals surface area contributed by atoms with Crippen molar-refractivity contribution in [1.82, 2.24) is 25.3 Å². The lowest BCUT2D eigenvalue weighted by Crippen LogP contribution is -2.33. The molecule has 0 spiro atoms. The Kier molecular flexibility index (Phi) is 5.42. The Morgan fingerprint density at radius 3 is 2.58 bits per heavy atom. The summed E-state index contributed by atoms with van der Waals surface area (Å²) in [5.41, 5.74) is 4.56. The zero-order chi connectivity index (χ0) is 22.1. The fraction of sp³-hybridized carbons (Fsp3) is 0.250. The zero-order valence-corrected chi connectivity index (χ0v) is 18.0. The van der Waals surface area contributed by atoms with Crippen molar-refractivity contribution in [2.24, 2.45) is 5.92 Å². The molecule has 1 atom stereocenters. The van der Waals surface area contributed by atoms with E-state index in [4.69, 9.17) is 0 Å². The zero-order valence-electron chi connectivity index (χ0n) is 18.0. The Morgan fingerprint density at radius 1 is 1.06 bits per heavy atom. The standard InChI is InChI=1S/C24H25N5O2/c1-13(2)22(20-12-21(30)28-23(27-20)19-7-5-6-10-25-19)29-24(31)16-8-9-18-17(11-16)14(3)15(4)26-18/h5-13,22,26H,1-4H3,(H,29,31)(H,27,28,30)/t22-/m1/s1. The molecule has 7 heteroatoms. The largest absolute Gasteiger partial charge is 0.358 e. The molecule has 31 heavy (non-hydrogen) atoms. The maximum absolute atomic E-state index is 13.1. The van der Waals surface area contributed by atoms with E-state index in [-0.39, 0.29) is 17.4 Å². The van der Waals surface area contributed by atoms with Crippen LogP contribution in [-0.2, 0) is 0 Å². The van der Waals surface area contributed by atoms with Gasteiger partial charge >= 0.3 is 0 Å². The number of rotatable bonds is 5. The number of aromatic amines is 2. The van der Waals surface area contributed by atoms with Gasteiger partial charge in [0, 0.05) is 34.4 Å². The highest BCUT2D eigenvalue weighted by molar-refractivity contribution is 5.99. The molecule has 4 rings (SSSR count). The molecule has 0 bridgehead atoms. The Labute approximate surface area is 180 Å². The highest BCUT2D eigenvalue weighted by Gasteiger charge is 2.22. The van der Waals surface area contributed by atoms with Crippen molar-refractivity contribution in [3.05, 3.63) is 81.5 Å². The van der Waals surface area contributed by atoms with Gasteiger partial charge in [-0.2, -0.15) is 0 Å². The Morgan fingerprint density at radius 2 is 1.87 bits per heavy atom. The molecule has 3 heterocycles. The summed E-state index contributed by atoms with van der Waals surface area (Å²) >= 11 is 0. The first kappa shape index (κ1) is 20.5. The van der Waals surface area contributed by atoms with Crippen molar-refractivity contribution in [2.45, 2.75) is 33.7 Å². The summed E-state index contributed by atoms with van der Waals surface area (Å²) in [7, 11) is 0. The van der Waals surface area contributed by atoms with Gasteiger partial charge in [-0.3, -0.25) is 14.6 Å². The average molecular weight is 415 g/mol. The second kappa shape index (κ2) is 8.18. The highest BCUT2D eigenvalue weighted by atomic mass is 16.1. The summed E-state index contributed by atoms with van der Waals surface area (Å²) in [4.78, 5) is 40.3. The molecule has 0 fully saturated rings. The molecule has 0 radical (unpaired) electrons. The summed E-state index contributed by atoms with van der Waals surface area (Å²) in [5.74, 6) is 0.193. The lowest BCUT2D eigenvalue weighted by atomic mass is 9.99. The number of hydrogen-bond acceptors (Lipinski definition) is 4. The molecule has 0 saturated heterocycles. The van der Waals surface area contributed by atoms with Crippen molar-refractivity contribution in [2.75, 3.05) is 0 Å². The van der Waals surface area contributed by atoms with E-state index in [1.807, 2.05) is 45.9 Å². The molecule has 158 valence electrons. The molecular formula is C24H25N5O2. The topological polar surface area (TPSA) is 104 Å². The van der Waals surface area contributed by atoms with E-state index in [1.54, 1.807) is 24.4 Å². The summed E-state index contributed by atoms with van der Waals surface area (Å²) in [6, 6.07) is 12.0. The van der Waals surface area contributed by atoms with E-state index in [1.165, 1.54) is 6.07 Å². The molecule has 1 amide bonds. The Bertz CT molecular complexity index is 1300. The van der Waals surface area contributed by atoms with Crippen LogP contribution in [0.15, 0.2) is 53.5 Å². The van der Waals surface area contributed by atoms with Crippen molar-refractivity contribution in [3.8, 4) is 11.5 Å². The number of nitrogens with one attached hydrogen (secondary N) is 3. The molecule has 4 aromatic rings. The molecule has 3 N–H and O–H groups in total. The van der Waals surface area contributed by atoms with Gasteiger partial charge in [-0.05, 0) is 55.7 Å². The van der Waals surface area contributed by atoms with Gasteiger partial charge in [0.25, 0.3) is 11.5 Å². The van der Waals surface area contributed by atoms with E-state index in [0.29, 0.717) is 22.8 Å². The number of aromatic nitrogens is 4. The highest BCUT2D eigenvalue weighted by Crippen LogP contribution is 2.24. The predicted molar refractivity (Wildman–Crippen MR) is 121 cm³/mol. The number of aryl methyl sites for hydroxylation is 2. The lowest BCUT2D eigenvalue weighted by Gasteiger charge is -2.22. The number of nitrogens with zero attached hydrogens (tertiary/aromatic N) is 2. The predicted octanol–water partition coefficient (Wildman–Crippen LogP) is 4.06. The molecule has 7 nitrogen and oxygen atoms in total. The van der Waals surface area contributed by atoms with Crippen LogP contribution in [0.25, 0.3) is 22.4 Å². The number of pyridine rings is 1. The van der Waals surface area contributed by atoms with Crippen molar-refractivity contribution < 1.29 is 4.79 Å². The fourth-order valence-electron chi connectivity index (χ4n) is 3.67. The molecular weight excluding hydrogens is 390 g/mol. The van der Waals surface area contributed by atoms with Gasteiger partial charge in [0.1, 0.15) is 5.69 Å². The SMILES string of the molecule is Cc1[nH]c2ccc(C(=O)N[C@@H](c3cc(=O)[nH]c(-c4ccccn4)n3)C(C)C)cc2c1C. The number of amides is 1. The van der Waals surface area contributed by atoms with Crippen molar-refractivity contribution in [1.29, 1.82) is 0 Å². The molecule has 0 unspecified atom stereocenters. The first-order valence-electron chi connectivity index (χ1n) is 10.3. The molecule has 0 aliphatic rings. The Balaban J connectivity index is 1.67. The number of carbonyl (C=O) groups excluding carboxylic acids is 1. The summed E-state index contributed by atoms with van der Waals surface area (Å²) in [5, 5.41) is 4.09. The van der Waals surface area contributed by atoms with Crippen LogP contribution in [-0.4, -0.2) is 25.8 Å². The van der Waals surface area contributed by atoms with Crippen LogP contribution in [0.4, 0.5) is 0 Å². The van der Waals surface area contributed by atoms with Gasteiger partial charge in [0.05, 0.1) is 11.7 Å². The van der Waals surface area contributed by atoms with Crippen LogP contribution in [0.3, 0.4) is 0 Å². The van der Waals surface area contributed by atoms with Gasteiger partial charge in [-0.25, -0.2) is 4.98 Å². The van der Waals surface area contributed by atoms with E-state index in [2.05, 4.69) is 25.3 Å². The summed E-state index contributed by atoms with van der Waals surface area (Å²) in [6.07, 6.45) is 1.64. The van der Waals surface area contributed by atoms with Gasteiger partial charge in [-0.15, -0.1) is 0 Å². The molecule has 3 aromatic heterocycles. The maximum atomic E-state index is 13.1. The van der Waals surface area contributed by atoms with Crippen LogP contribution in [0.5, 0.6) is 0 Å². The minimum absolute atomic E-state index is 0.0230. The lowest BCUT2D eigenvalue weighted by molar-refractivity contribution is 0.0924. The molecule has 0 aliphatic carbocycles. The first-order valence-corrected chi connectivity index (χ1v) is 10.3. The molecule has 0 aliphatic heterocycles. The fourth-order valence-corrected chi connectivity index (χ4v) is 3.67. The van der Waals surface area contributed by atoms with Crippen molar-refractivity contribution in [3.63, 3.8) is 0 Å². The third kappa shape index (κ3) is 4.12. The monoisotopic (exact) mass is 415 g/mol. The number of benzene rings is 1. The third-order valence-electron chi connectivity index (χ3n) is 5.51.